The van der Waals surface area contributed by atoms with Crippen molar-refractivity contribution in [2.45, 2.75) is 32.0 Å². The molecule has 138 valence electrons. The molecule has 0 saturated carbocycles. The molecule has 27 heavy (non-hydrogen) atoms. The van der Waals surface area contributed by atoms with Gasteiger partial charge in [0.1, 0.15) is 0 Å². The van der Waals surface area contributed by atoms with Crippen LogP contribution in [0.15, 0.2) is 67.1 Å². The summed E-state index contributed by atoms with van der Waals surface area (Å²) in [5, 5.41) is 7.46. The molecule has 0 bridgehead atoms. The first-order chi connectivity index (χ1) is 13.3. The normalized spacial score (nSPS) is 16.6. The first kappa shape index (κ1) is 17.4. The maximum absolute atomic E-state index is 11.6. The molecule has 0 spiro atoms. The van der Waals surface area contributed by atoms with E-state index in [0.717, 1.165) is 37.4 Å². The number of nitrogens with one attached hydrogen (secondary N) is 1. The number of rotatable bonds is 7. The number of carbonyl (C=O) groups is 1. The first-order valence-electron chi connectivity index (χ1n) is 9.27. The van der Waals surface area contributed by atoms with Gasteiger partial charge in [0.05, 0.1) is 11.4 Å². The van der Waals surface area contributed by atoms with Crippen LogP contribution in [-0.2, 0) is 17.9 Å². The van der Waals surface area contributed by atoms with Gasteiger partial charge in [-0.15, -0.1) is 0 Å². The van der Waals surface area contributed by atoms with Crippen LogP contribution < -0.4 is 5.32 Å². The van der Waals surface area contributed by atoms with E-state index in [1.807, 2.05) is 47.4 Å². The van der Waals surface area contributed by atoms with Gasteiger partial charge in [0, 0.05) is 50.7 Å². The van der Waals surface area contributed by atoms with Crippen molar-refractivity contribution in [2.75, 3.05) is 6.54 Å². The maximum atomic E-state index is 11.6. The lowest BCUT2D eigenvalue weighted by atomic mass is 10.1. The molecular formula is C21H23N5O. The third-order valence-electron chi connectivity index (χ3n) is 4.81. The summed E-state index contributed by atoms with van der Waals surface area (Å²) in [6, 6.07) is 16.4. The SMILES string of the molecule is O=C1CC[C@@H](CN(Cc2ccccn2)Cc2ccccc2-n2cccn2)N1. The minimum absolute atomic E-state index is 0.148. The number of benzene rings is 1. The summed E-state index contributed by atoms with van der Waals surface area (Å²) in [7, 11) is 0. The van der Waals surface area contributed by atoms with Crippen molar-refractivity contribution in [2.24, 2.45) is 0 Å². The molecule has 2 aromatic heterocycles. The average molecular weight is 361 g/mol. The number of hydrogen-bond donors (Lipinski definition) is 1. The molecule has 1 aromatic carbocycles. The van der Waals surface area contributed by atoms with Crippen LogP contribution in [0.1, 0.15) is 24.1 Å². The lowest BCUT2D eigenvalue weighted by molar-refractivity contribution is -0.119. The quantitative estimate of drug-likeness (QED) is 0.702. The van der Waals surface area contributed by atoms with Crippen molar-refractivity contribution >= 4 is 5.91 Å². The number of carbonyl (C=O) groups excluding carboxylic acids is 1. The fourth-order valence-corrected chi connectivity index (χ4v) is 3.55. The van der Waals surface area contributed by atoms with Gasteiger partial charge in [-0.2, -0.15) is 5.10 Å². The Labute approximate surface area is 158 Å². The Morgan fingerprint density at radius 1 is 1.07 bits per heavy atom. The predicted octanol–water partition coefficient (Wildman–Crippen LogP) is 2.55. The minimum Gasteiger partial charge on any atom is -0.352 e. The van der Waals surface area contributed by atoms with Crippen LogP contribution in [0.4, 0.5) is 0 Å². The van der Waals surface area contributed by atoms with Crippen LogP contribution in [0.2, 0.25) is 0 Å². The van der Waals surface area contributed by atoms with Gasteiger partial charge in [-0.3, -0.25) is 14.7 Å². The molecule has 6 heteroatoms. The fourth-order valence-electron chi connectivity index (χ4n) is 3.55. The second-order valence-corrected chi connectivity index (χ2v) is 6.87. The van der Waals surface area contributed by atoms with Gasteiger partial charge >= 0.3 is 0 Å². The van der Waals surface area contributed by atoms with Crippen molar-refractivity contribution in [1.82, 2.24) is 25.0 Å². The molecule has 4 rings (SSSR count). The highest BCUT2D eigenvalue weighted by Crippen LogP contribution is 2.18. The van der Waals surface area contributed by atoms with Gasteiger partial charge in [-0.1, -0.05) is 24.3 Å². The van der Waals surface area contributed by atoms with E-state index in [2.05, 4.69) is 38.5 Å². The van der Waals surface area contributed by atoms with Gasteiger partial charge in [0.15, 0.2) is 0 Å². The Hall–Kier alpha value is -2.99. The highest BCUT2D eigenvalue weighted by molar-refractivity contribution is 5.78. The molecule has 1 amide bonds. The van der Waals surface area contributed by atoms with Gasteiger partial charge in [0.25, 0.3) is 0 Å². The zero-order valence-electron chi connectivity index (χ0n) is 15.2. The summed E-state index contributed by atoms with van der Waals surface area (Å²) in [6.07, 6.45) is 7.07. The second kappa shape index (κ2) is 8.14. The van der Waals surface area contributed by atoms with Crippen LogP contribution in [0.25, 0.3) is 5.69 Å². The number of amides is 1. The summed E-state index contributed by atoms with van der Waals surface area (Å²) in [5.41, 5.74) is 3.30. The highest BCUT2D eigenvalue weighted by atomic mass is 16.1. The molecule has 3 heterocycles. The standard InChI is InChI=1S/C21H23N5O/c27-21-10-9-19(24-21)16-25(15-18-7-3-4-11-22-18)14-17-6-1-2-8-20(17)26-13-5-12-23-26/h1-8,11-13,19H,9-10,14-16H2,(H,24,27)/t19-/m0/s1. The van der Waals surface area contributed by atoms with Crippen LogP contribution in [0.3, 0.4) is 0 Å². The lowest BCUT2D eigenvalue weighted by Crippen LogP contribution is -2.38. The third-order valence-corrected chi connectivity index (χ3v) is 4.81. The Morgan fingerprint density at radius 2 is 1.96 bits per heavy atom. The fraction of sp³-hybridized carbons (Fsp3) is 0.286. The molecule has 1 aliphatic heterocycles. The molecule has 3 aromatic rings. The van der Waals surface area contributed by atoms with Gasteiger partial charge < -0.3 is 5.32 Å². The van der Waals surface area contributed by atoms with Crippen molar-refractivity contribution in [3.63, 3.8) is 0 Å². The van der Waals surface area contributed by atoms with Crippen LogP contribution in [0, 0.1) is 0 Å². The number of nitrogens with zero attached hydrogens (tertiary/aromatic N) is 4. The van der Waals surface area contributed by atoms with Crippen LogP contribution in [0.5, 0.6) is 0 Å². The van der Waals surface area contributed by atoms with E-state index in [0.29, 0.717) is 6.42 Å². The smallest absolute Gasteiger partial charge is 0.220 e. The lowest BCUT2D eigenvalue weighted by Gasteiger charge is -2.26. The number of pyridine rings is 1. The number of aromatic nitrogens is 3. The molecular weight excluding hydrogens is 338 g/mol. The van der Waals surface area contributed by atoms with Crippen LogP contribution >= 0.6 is 0 Å². The van der Waals surface area contributed by atoms with Crippen molar-refractivity contribution in [3.8, 4) is 5.69 Å². The molecule has 1 N–H and O–H groups in total. The van der Waals surface area contributed by atoms with Crippen molar-refractivity contribution < 1.29 is 4.79 Å². The molecule has 1 aliphatic rings. The Balaban J connectivity index is 1.56. The number of para-hydroxylation sites is 1. The van der Waals surface area contributed by atoms with E-state index in [-0.39, 0.29) is 11.9 Å². The van der Waals surface area contributed by atoms with E-state index in [4.69, 9.17) is 0 Å². The monoisotopic (exact) mass is 361 g/mol. The van der Waals surface area contributed by atoms with E-state index >= 15 is 0 Å². The van der Waals surface area contributed by atoms with E-state index in [1.165, 1.54) is 5.56 Å². The van der Waals surface area contributed by atoms with Gasteiger partial charge in [0.2, 0.25) is 5.91 Å². The number of hydrogen-bond acceptors (Lipinski definition) is 4. The Morgan fingerprint density at radius 3 is 2.70 bits per heavy atom. The molecule has 1 atom stereocenters. The third kappa shape index (κ3) is 4.41. The summed E-state index contributed by atoms with van der Waals surface area (Å²) in [4.78, 5) is 18.4. The molecule has 0 radical (unpaired) electrons. The summed E-state index contributed by atoms with van der Waals surface area (Å²) < 4.78 is 1.89. The summed E-state index contributed by atoms with van der Waals surface area (Å²) in [5.74, 6) is 0.148. The molecule has 6 nitrogen and oxygen atoms in total. The van der Waals surface area contributed by atoms with Crippen LogP contribution in [-0.4, -0.2) is 38.2 Å². The largest absolute Gasteiger partial charge is 0.352 e. The molecule has 0 aliphatic carbocycles. The first-order valence-corrected chi connectivity index (χ1v) is 9.27. The minimum atomic E-state index is 0.148. The van der Waals surface area contributed by atoms with E-state index in [1.54, 1.807) is 6.20 Å². The van der Waals surface area contributed by atoms with Gasteiger partial charge in [-0.05, 0) is 36.2 Å². The zero-order chi connectivity index (χ0) is 18.5. The maximum Gasteiger partial charge on any atom is 0.220 e. The van der Waals surface area contributed by atoms with E-state index < -0.39 is 0 Å². The predicted molar refractivity (Wildman–Crippen MR) is 103 cm³/mol. The topological polar surface area (TPSA) is 63.1 Å². The Kier molecular flexibility index (Phi) is 5.25. The zero-order valence-corrected chi connectivity index (χ0v) is 15.2. The van der Waals surface area contributed by atoms with Crippen molar-refractivity contribution in [1.29, 1.82) is 0 Å². The van der Waals surface area contributed by atoms with Crippen molar-refractivity contribution in [3.05, 3.63) is 78.4 Å². The Bertz CT molecular complexity index is 879. The molecule has 0 unspecified atom stereocenters. The van der Waals surface area contributed by atoms with E-state index in [9.17, 15) is 4.79 Å². The molecule has 1 saturated heterocycles. The summed E-state index contributed by atoms with van der Waals surface area (Å²) in [6.45, 7) is 2.30. The second-order valence-electron chi connectivity index (χ2n) is 6.87. The average Bonchev–Trinajstić information content (AvgIpc) is 3.35. The highest BCUT2D eigenvalue weighted by Gasteiger charge is 2.24. The van der Waals surface area contributed by atoms with Gasteiger partial charge in [-0.25, -0.2) is 4.68 Å². The molecule has 1 fully saturated rings. The summed E-state index contributed by atoms with van der Waals surface area (Å²) >= 11 is 0.